The Bertz CT molecular complexity index is 1820. The van der Waals surface area contributed by atoms with Crippen LogP contribution in [0.15, 0.2) is 83.8 Å². The summed E-state index contributed by atoms with van der Waals surface area (Å²) < 4.78 is 69.8. The van der Waals surface area contributed by atoms with Crippen molar-refractivity contribution in [1.82, 2.24) is 20.3 Å². The van der Waals surface area contributed by atoms with Gasteiger partial charge in [0.2, 0.25) is 5.91 Å². The van der Waals surface area contributed by atoms with Crippen molar-refractivity contribution in [3.8, 4) is 11.5 Å². The second-order valence-corrected chi connectivity index (χ2v) is 11.9. The van der Waals surface area contributed by atoms with Crippen molar-refractivity contribution in [3.63, 3.8) is 0 Å². The Kier molecular flexibility index (Phi) is 9.01. The lowest BCUT2D eigenvalue weighted by molar-refractivity contribution is -0.137. The highest BCUT2D eigenvalue weighted by Gasteiger charge is 2.30. The Labute approximate surface area is 255 Å². The number of anilines is 3. The van der Waals surface area contributed by atoms with Crippen molar-refractivity contribution in [2.24, 2.45) is 0 Å². The summed E-state index contributed by atoms with van der Waals surface area (Å²) in [5.74, 6) is 0.171. The number of alkyl halides is 3. The summed E-state index contributed by atoms with van der Waals surface area (Å²) in [7, 11) is -3.67. The highest BCUT2D eigenvalue weighted by atomic mass is 35.5. The molecule has 0 fully saturated rings. The first kappa shape index (κ1) is 30.8. The van der Waals surface area contributed by atoms with Crippen LogP contribution in [0.25, 0.3) is 6.08 Å². The molecule has 1 aliphatic rings. The minimum absolute atomic E-state index is 0.0279. The minimum Gasteiger partial charge on any atom is -0.456 e. The Balaban J connectivity index is 1.29. The van der Waals surface area contributed by atoms with E-state index in [1.54, 1.807) is 24.3 Å². The first-order valence-corrected chi connectivity index (χ1v) is 15.2. The second-order valence-electron chi connectivity index (χ2n) is 9.47. The van der Waals surface area contributed by atoms with E-state index in [0.717, 1.165) is 12.1 Å². The van der Waals surface area contributed by atoms with E-state index in [-0.39, 0.29) is 33.8 Å². The van der Waals surface area contributed by atoms with E-state index in [1.807, 2.05) is 0 Å². The fraction of sp³-hybridized carbons (Fsp3) is 0.172. The van der Waals surface area contributed by atoms with E-state index in [0.29, 0.717) is 41.4 Å². The molecular formula is C29H24ClF3N6O4S. The zero-order valence-electron chi connectivity index (χ0n) is 22.7. The van der Waals surface area contributed by atoms with Crippen LogP contribution in [-0.4, -0.2) is 48.1 Å². The van der Waals surface area contributed by atoms with Crippen LogP contribution in [0.1, 0.15) is 17.5 Å². The summed E-state index contributed by atoms with van der Waals surface area (Å²) in [6.45, 7) is 0.279. The molecule has 0 radical (unpaired) electrons. The number of rotatable bonds is 9. The van der Waals surface area contributed by atoms with Crippen LogP contribution in [0, 0.1) is 0 Å². The lowest BCUT2D eigenvalue weighted by Crippen LogP contribution is -2.30. The molecule has 3 N–H and O–H groups in total. The molecule has 0 spiro atoms. The van der Waals surface area contributed by atoms with Crippen LogP contribution in [0.5, 0.6) is 11.5 Å². The van der Waals surface area contributed by atoms with E-state index in [2.05, 4.69) is 30.9 Å². The van der Waals surface area contributed by atoms with Crippen molar-refractivity contribution in [1.29, 1.82) is 0 Å². The van der Waals surface area contributed by atoms with Crippen LogP contribution in [0.3, 0.4) is 0 Å². The largest absolute Gasteiger partial charge is 0.456 e. The molecule has 1 amide bonds. The molecule has 1 aliphatic heterocycles. The van der Waals surface area contributed by atoms with Crippen molar-refractivity contribution >= 4 is 50.7 Å². The molecule has 15 heteroatoms. The van der Waals surface area contributed by atoms with Gasteiger partial charge in [-0.1, -0.05) is 23.7 Å². The van der Waals surface area contributed by atoms with Gasteiger partial charge in [-0.05, 0) is 61.0 Å². The first-order chi connectivity index (χ1) is 21.0. The van der Waals surface area contributed by atoms with Crippen LogP contribution >= 0.6 is 11.6 Å². The lowest BCUT2D eigenvalue weighted by Gasteiger charge is -2.14. The normalized spacial score (nSPS) is 13.1. The first-order valence-electron chi connectivity index (χ1n) is 13.1. The van der Waals surface area contributed by atoms with Crippen LogP contribution in [0.2, 0.25) is 5.02 Å². The van der Waals surface area contributed by atoms with Crippen LogP contribution < -0.4 is 20.7 Å². The number of nitrogens with zero attached hydrogens (tertiary/aromatic N) is 3. The number of hydrogen-bond donors (Lipinski definition) is 3. The molecule has 0 aliphatic carbocycles. The summed E-state index contributed by atoms with van der Waals surface area (Å²) in [6.07, 6.45) is 0.158. The second kappa shape index (κ2) is 12.9. The fourth-order valence-corrected chi connectivity index (χ4v) is 5.53. The Morgan fingerprint density at radius 2 is 1.89 bits per heavy atom. The van der Waals surface area contributed by atoms with E-state index in [1.165, 1.54) is 42.9 Å². The number of benzene rings is 2. The van der Waals surface area contributed by atoms with Gasteiger partial charge in [-0.2, -0.15) is 13.2 Å². The molecule has 2 aromatic heterocycles. The quantitative estimate of drug-likeness (QED) is 0.204. The van der Waals surface area contributed by atoms with Gasteiger partial charge in [0, 0.05) is 30.5 Å². The third kappa shape index (κ3) is 7.44. The molecule has 3 heterocycles. The maximum absolute atomic E-state index is 13.1. The Morgan fingerprint density at radius 1 is 1.05 bits per heavy atom. The number of fused-ring (bicyclic) bond motifs is 1. The molecular weight excluding hydrogens is 621 g/mol. The highest BCUT2D eigenvalue weighted by Crippen LogP contribution is 2.36. The lowest BCUT2D eigenvalue weighted by atomic mass is 10.1. The third-order valence-electron chi connectivity index (χ3n) is 6.38. The number of amides is 1. The monoisotopic (exact) mass is 644 g/mol. The summed E-state index contributed by atoms with van der Waals surface area (Å²) >= 11 is 6.39. The number of nitrogens with one attached hydrogen (secondary N) is 3. The smallest absolute Gasteiger partial charge is 0.416 e. The number of carbonyl (C=O) groups excluding carboxylic acids is 1. The van der Waals surface area contributed by atoms with Gasteiger partial charge in [-0.25, -0.2) is 23.4 Å². The van der Waals surface area contributed by atoms with Gasteiger partial charge in [-0.15, -0.1) is 0 Å². The maximum atomic E-state index is 13.1. The van der Waals surface area contributed by atoms with Gasteiger partial charge in [0.05, 0.1) is 21.9 Å². The van der Waals surface area contributed by atoms with Crippen molar-refractivity contribution in [2.75, 3.05) is 29.5 Å². The summed E-state index contributed by atoms with van der Waals surface area (Å²) in [5.41, 5.74) is 0.498. The summed E-state index contributed by atoms with van der Waals surface area (Å²) in [6, 6.07) is 13.6. The molecule has 0 unspecified atom stereocenters. The predicted molar refractivity (Wildman–Crippen MR) is 159 cm³/mol. The number of carbonyl (C=O) groups is 1. The molecule has 4 aromatic rings. The fourth-order valence-electron chi connectivity index (χ4n) is 4.22. The number of pyridine rings is 1. The molecule has 0 saturated heterocycles. The molecule has 0 bridgehead atoms. The number of halogens is 4. The van der Waals surface area contributed by atoms with E-state index < -0.39 is 27.5 Å². The van der Waals surface area contributed by atoms with Gasteiger partial charge < -0.3 is 20.7 Å². The third-order valence-corrected chi connectivity index (χ3v) is 8.29. The Morgan fingerprint density at radius 3 is 2.64 bits per heavy atom. The number of hydrogen-bond acceptors (Lipinski definition) is 9. The average molecular weight is 645 g/mol. The van der Waals surface area contributed by atoms with E-state index in [4.69, 9.17) is 16.3 Å². The van der Waals surface area contributed by atoms with Gasteiger partial charge in [0.15, 0.2) is 14.9 Å². The number of aromatic nitrogens is 3. The summed E-state index contributed by atoms with van der Waals surface area (Å²) in [5, 5.41) is 8.98. The molecule has 2 aromatic carbocycles. The SMILES string of the molecule is O=C(NCCS(=O)(=O)c1ccccn1)C1=Cc2c(ncnc2Nc2ccc(Oc3cccc(C(F)(F)F)c3)c(Cl)c2)NCC1. The standard InChI is InChI=1S/C29H24ClF3N6O4S/c30-23-16-20(7-8-24(23)43-21-5-3-4-19(15-21)29(31,32)33)39-27-22-14-18(9-11-35-26(22)37-17-38-27)28(40)36-12-13-44(41,42)25-6-1-2-10-34-25/h1-8,10,14-17H,9,11-13H2,(H,36,40)(H2,35,37,38,39). The van der Waals surface area contributed by atoms with Crippen molar-refractivity contribution in [2.45, 2.75) is 17.6 Å². The van der Waals surface area contributed by atoms with Gasteiger partial charge in [0.1, 0.15) is 29.5 Å². The zero-order valence-corrected chi connectivity index (χ0v) is 24.3. The van der Waals surface area contributed by atoms with Gasteiger partial charge in [-0.3, -0.25) is 4.79 Å². The van der Waals surface area contributed by atoms with Gasteiger partial charge >= 0.3 is 6.18 Å². The molecule has 0 saturated carbocycles. The topological polar surface area (TPSA) is 135 Å². The maximum Gasteiger partial charge on any atom is 0.416 e. The zero-order chi connectivity index (χ0) is 31.3. The van der Waals surface area contributed by atoms with Crippen LogP contribution in [0.4, 0.5) is 30.5 Å². The highest BCUT2D eigenvalue weighted by molar-refractivity contribution is 7.91. The predicted octanol–water partition coefficient (Wildman–Crippen LogP) is 5.87. The Hall–Kier alpha value is -4.69. The van der Waals surface area contributed by atoms with E-state index >= 15 is 0 Å². The average Bonchev–Trinajstić information content (AvgIpc) is 3.22. The molecule has 10 nitrogen and oxygen atoms in total. The van der Waals surface area contributed by atoms with Crippen molar-refractivity contribution in [3.05, 3.63) is 94.9 Å². The molecule has 0 atom stereocenters. The molecule has 228 valence electrons. The van der Waals surface area contributed by atoms with E-state index in [9.17, 15) is 26.4 Å². The molecule has 5 rings (SSSR count). The summed E-state index contributed by atoms with van der Waals surface area (Å²) in [4.78, 5) is 25.4. The van der Waals surface area contributed by atoms with Crippen molar-refractivity contribution < 1.29 is 31.1 Å². The number of ether oxygens (including phenoxy) is 1. The number of sulfone groups is 1. The van der Waals surface area contributed by atoms with Gasteiger partial charge in [0.25, 0.3) is 0 Å². The molecule has 44 heavy (non-hydrogen) atoms. The van der Waals surface area contributed by atoms with Crippen LogP contribution in [-0.2, 0) is 20.8 Å². The minimum atomic E-state index is -4.52.